The largest absolute Gasteiger partial charge is 0.103 e. The molecule has 0 aliphatic heterocycles. The number of allylic oxidation sites excluding steroid dienone is 1. The van der Waals surface area contributed by atoms with Crippen LogP contribution in [0.4, 0.5) is 0 Å². The fourth-order valence-corrected chi connectivity index (χ4v) is 5.60. The van der Waals surface area contributed by atoms with Crippen molar-refractivity contribution >= 4 is 0 Å². The molecule has 0 nitrogen and oxygen atoms in total. The second kappa shape index (κ2) is 5.80. The number of hydrogen-bond donors (Lipinski definition) is 0. The predicted molar refractivity (Wildman–Crippen MR) is 98.8 cm³/mol. The van der Waals surface area contributed by atoms with Gasteiger partial charge in [-0.15, -0.1) is 6.58 Å². The number of hydrogen-bond acceptors (Lipinski definition) is 0. The summed E-state index contributed by atoms with van der Waals surface area (Å²) in [5.41, 5.74) is 4.43. The minimum absolute atomic E-state index is 0.525. The van der Waals surface area contributed by atoms with Gasteiger partial charge >= 0.3 is 0 Å². The molecule has 0 unspecified atom stereocenters. The minimum atomic E-state index is 0.525. The van der Waals surface area contributed by atoms with Crippen molar-refractivity contribution in [3.05, 3.63) is 48.0 Å². The summed E-state index contributed by atoms with van der Waals surface area (Å²) in [5.74, 6) is 1.56. The van der Waals surface area contributed by atoms with Gasteiger partial charge in [-0.05, 0) is 98.0 Å². The van der Waals surface area contributed by atoms with Gasteiger partial charge in [-0.3, -0.25) is 0 Å². The molecule has 2 bridgehead atoms. The quantitative estimate of drug-likeness (QED) is 0.541. The van der Waals surface area contributed by atoms with Crippen LogP contribution in [0, 0.1) is 11.3 Å². The van der Waals surface area contributed by atoms with E-state index in [2.05, 4.69) is 43.8 Å². The molecular formula is C23H32. The van der Waals surface area contributed by atoms with Crippen molar-refractivity contribution in [2.75, 3.05) is 0 Å². The molecule has 0 radical (unpaired) electrons. The lowest BCUT2D eigenvalue weighted by Crippen LogP contribution is -2.42. The van der Waals surface area contributed by atoms with E-state index in [1.165, 1.54) is 64.2 Å². The molecule has 0 aromatic heterocycles. The van der Waals surface area contributed by atoms with Gasteiger partial charge in [0, 0.05) is 0 Å². The Kier molecular flexibility index (Phi) is 3.90. The van der Waals surface area contributed by atoms with Crippen LogP contribution in [-0.4, -0.2) is 0 Å². The van der Waals surface area contributed by atoms with Gasteiger partial charge in [-0.1, -0.05) is 37.3 Å². The summed E-state index contributed by atoms with van der Waals surface area (Å²) >= 11 is 0. The summed E-state index contributed by atoms with van der Waals surface area (Å²) in [4.78, 5) is 0. The van der Waals surface area contributed by atoms with E-state index in [0.29, 0.717) is 10.8 Å². The monoisotopic (exact) mass is 308 g/mol. The van der Waals surface area contributed by atoms with E-state index in [0.717, 1.165) is 11.8 Å². The summed E-state index contributed by atoms with van der Waals surface area (Å²) in [6, 6.07) is 9.91. The van der Waals surface area contributed by atoms with Gasteiger partial charge in [-0.25, -0.2) is 0 Å². The standard InChI is InChI=1S/C23H32/c1-3-18-4-6-19(7-5-18)20-8-10-21(11-9-20)23-15-12-22(2,13-16-23)14-17-23/h3,8-11,18-19H,1,4-7,12-17H2,2H3. The number of benzene rings is 1. The fraction of sp³-hybridized carbons (Fsp3) is 0.652. The molecule has 4 saturated carbocycles. The van der Waals surface area contributed by atoms with Crippen LogP contribution in [0.1, 0.15) is 88.2 Å². The molecule has 4 fully saturated rings. The normalized spacial score (nSPS) is 40.0. The van der Waals surface area contributed by atoms with Crippen LogP contribution >= 0.6 is 0 Å². The summed E-state index contributed by atoms with van der Waals surface area (Å²) in [6.07, 6.45) is 16.1. The molecule has 4 aliphatic rings. The summed E-state index contributed by atoms with van der Waals surface area (Å²) in [5, 5.41) is 0. The van der Waals surface area contributed by atoms with Crippen molar-refractivity contribution in [1.29, 1.82) is 0 Å². The van der Waals surface area contributed by atoms with Gasteiger partial charge in [0.1, 0.15) is 0 Å². The number of fused-ring (bicyclic) bond motifs is 3. The Morgan fingerprint density at radius 2 is 1.43 bits per heavy atom. The average molecular weight is 309 g/mol. The molecule has 0 atom stereocenters. The van der Waals surface area contributed by atoms with Crippen LogP contribution < -0.4 is 0 Å². The molecule has 0 heterocycles. The Morgan fingerprint density at radius 3 is 1.96 bits per heavy atom. The van der Waals surface area contributed by atoms with Gasteiger partial charge in [0.05, 0.1) is 0 Å². The van der Waals surface area contributed by atoms with Crippen LogP contribution in [0.3, 0.4) is 0 Å². The van der Waals surface area contributed by atoms with Gasteiger partial charge in [-0.2, -0.15) is 0 Å². The van der Waals surface area contributed by atoms with Crippen LogP contribution in [-0.2, 0) is 5.41 Å². The highest BCUT2D eigenvalue weighted by atomic mass is 14.5. The Hall–Kier alpha value is -1.04. The first-order valence-electron chi connectivity index (χ1n) is 9.86. The van der Waals surface area contributed by atoms with Gasteiger partial charge < -0.3 is 0 Å². The zero-order chi connectivity index (χ0) is 15.9. The maximum Gasteiger partial charge on any atom is -0.00464 e. The first-order valence-corrected chi connectivity index (χ1v) is 9.86. The van der Waals surface area contributed by atoms with Crippen LogP contribution in [0.2, 0.25) is 0 Å². The maximum atomic E-state index is 3.97. The molecule has 1 aromatic rings. The molecule has 0 saturated heterocycles. The Bertz CT molecular complexity index is 532. The topological polar surface area (TPSA) is 0 Å². The van der Waals surface area contributed by atoms with Crippen molar-refractivity contribution < 1.29 is 0 Å². The summed E-state index contributed by atoms with van der Waals surface area (Å²) in [6.45, 7) is 6.48. The molecule has 124 valence electrons. The molecule has 0 spiro atoms. The lowest BCUT2D eigenvalue weighted by Gasteiger charge is -2.52. The van der Waals surface area contributed by atoms with E-state index in [1.54, 1.807) is 11.1 Å². The lowest BCUT2D eigenvalue weighted by atomic mass is 9.52. The van der Waals surface area contributed by atoms with E-state index >= 15 is 0 Å². The molecule has 0 heteroatoms. The molecular weight excluding hydrogens is 276 g/mol. The van der Waals surface area contributed by atoms with Crippen molar-refractivity contribution in [2.45, 2.75) is 82.5 Å². The highest BCUT2D eigenvalue weighted by Gasteiger charge is 2.46. The van der Waals surface area contributed by atoms with Crippen molar-refractivity contribution in [3.63, 3.8) is 0 Å². The van der Waals surface area contributed by atoms with Gasteiger partial charge in [0.25, 0.3) is 0 Å². The lowest BCUT2D eigenvalue weighted by molar-refractivity contribution is 0.0556. The van der Waals surface area contributed by atoms with Crippen molar-refractivity contribution in [2.24, 2.45) is 11.3 Å². The SMILES string of the molecule is C=CC1CCC(c2ccc(C34CCC(C)(CC3)CC4)cc2)CC1. The van der Waals surface area contributed by atoms with Crippen molar-refractivity contribution in [3.8, 4) is 0 Å². The molecule has 1 aromatic carbocycles. The third-order valence-electron chi connectivity index (χ3n) is 7.72. The summed E-state index contributed by atoms with van der Waals surface area (Å²) in [7, 11) is 0. The first kappa shape index (κ1) is 15.5. The first-order chi connectivity index (χ1) is 11.1. The van der Waals surface area contributed by atoms with Crippen LogP contribution in [0.5, 0.6) is 0 Å². The molecule has 5 rings (SSSR count). The molecule has 4 aliphatic carbocycles. The fourth-order valence-electron chi connectivity index (χ4n) is 5.60. The van der Waals surface area contributed by atoms with E-state index in [4.69, 9.17) is 0 Å². The molecule has 0 amide bonds. The van der Waals surface area contributed by atoms with Crippen LogP contribution in [0.15, 0.2) is 36.9 Å². The van der Waals surface area contributed by atoms with E-state index in [1.807, 2.05) is 0 Å². The second-order valence-electron chi connectivity index (χ2n) is 9.06. The molecule has 0 N–H and O–H groups in total. The second-order valence-corrected chi connectivity index (χ2v) is 9.06. The summed E-state index contributed by atoms with van der Waals surface area (Å²) < 4.78 is 0. The zero-order valence-electron chi connectivity index (χ0n) is 14.8. The Morgan fingerprint density at radius 1 is 0.870 bits per heavy atom. The molecule has 23 heavy (non-hydrogen) atoms. The number of rotatable bonds is 3. The predicted octanol–water partition coefficient (Wildman–Crippen LogP) is 6.76. The third kappa shape index (κ3) is 2.79. The minimum Gasteiger partial charge on any atom is -0.103 e. The van der Waals surface area contributed by atoms with E-state index < -0.39 is 0 Å². The Labute approximate surface area is 142 Å². The van der Waals surface area contributed by atoms with Gasteiger partial charge in [0.2, 0.25) is 0 Å². The average Bonchev–Trinajstić information content (AvgIpc) is 2.63. The van der Waals surface area contributed by atoms with Gasteiger partial charge in [0.15, 0.2) is 0 Å². The van der Waals surface area contributed by atoms with E-state index in [9.17, 15) is 0 Å². The van der Waals surface area contributed by atoms with Crippen molar-refractivity contribution in [1.82, 2.24) is 0 Å². The van der Waals surface area contributed by atoms with E-state index in [-0.39, 0.29) is 0 Å². The zero-order valence-corrected chi connectivity index (χ0v) is 14.8. The maximum absolute atomic E-state index is 3.97. The third-order valence-corrected chi connectivity index (χ3v) is 7.72. The smallest absolute Gasteiger partial charge is 0.00464 e. The van der Waals surface area contributed by atoms with Crippen LogP contribution in [0.25, 0.3) is 0 Å². The Balaban J connectivity index is 1.47. The highest BCUT2D eigenvalue weighted by Crippen LogP contribution is 2.57. The highest BCUT2D eigenvalue weighted by molar-refractivity contribution is 5.33.